The van der Waals surface area contributed by atoms with Crippen LogP contribution in [0.25, 0.3) is 6.08 Å². The fraction of sp³-hybridized carbons (Fsp3) is 0.231. The number of pyridine rings is 1. The van der Waals surface area contributed by atoms with Crippen LogP contribution in [0.2, 0.25) is 0 Å². The first-order valence-corrected chi connectivity index (χ1v) is 12.6. The van der Waals surface area contributed by atoms with Gasteiger partial charge < -0.3 is 14.8 Å². The summed E-state index contributed by atoms with van der Waals surface area (Å²) in [6, 6.07) is 16.2. The highest BCUT2D eigenvalue weighted by Crippen LogP contribution is 2.29. The molecule has 3 aromatic rings. The fourth-order valence-electron chi connectivity index (χ4n) is 3.00. The Bertz CT molecular complexity index is 1260. The number of methoxy groups -OCH3 is 1. The number of carbonyl (C=O) groups excluding carboxylic acids is 1. The number of sulfonamides is 1. The van der Waals surface area contributed by atoms with E-state index in [0.717, 1.165) is 12.0 Å². The highest BCUT2D eigenvalue weighted by molar-refractivity contribution is 7.92. The van der Waals surface area contributed by atoms with Crippen LogP contribution in [0.4, 0.5) is 11.5 Å². The van der Waals surface area contributed by atoms with E-state index in [1.54, 1.807) is 37.5 Å². The van der Waals surface area contributed by atoms with Gasteiger partial charge in [0.25, 0.3) is 10.0 Å². The monoisotopic (exact) mass is 495 g/mol. The van der Waals surface area contributed by atoms with Gasteiger partial charge in [0.1, 0.15) is 5.82 Å². The maximum absolute atomic E-state index is 12.5. The van der Waals surface area contributed by atoms with Gasteiger partial charge in [-0.25, -0.2) is 13.4 Å². The summed E-state index contributed by atoms with van der Waals surface area (Å²) in [6.07, 6.45) is 5.49. The average Bonchev–Trinajstić information content (AvgIpc) is 2.83. The molecule has 0 saturated carbocycles. The third-order valence-electron chi connectivity index (χ3n) is 4.90. The lowest BCUT2D eigenvalue weighted by molar-refractivity contribution is -0.111. The third kappa shape index (κ3) is 7.86. The molecule has 3 rings (SSSR count). The van der Waals surface area contributed by atoms with E-state index in [2.05, 4.69) is 28.9 Å². The zero-order valence-corrected chi connectivity index (χ0v) is 20.7. The summed E-state index contributed by atoms with van der Waals surface area (Å²) in [5.41, 5.74) is 1.23. The van der Waals surface area contributed by atoms with E-state index >= 15 is 0 Å². The smallest absolute Gasteiger partial charge is 0.263 e. The molecule has 9 heteroatoms. The van der Waals surface area contributed by atoms with Crippen molar-refractivity contribution >= 4 is 33.5 Å². The van der Waals surface area contributed by atoms with Crippen LogP contribution in [0.15, 0.2) is 77.8 Å². The van der Waals surface area contributed by atoms with Gasteiger partial charge in [0, 0.05) is 18.0 Å². The number of anilines is 2. The second-order valence-electron chi connectivity index (χ2n) is 8.11. The molecular formula is C26H29N3O5S. The molecule has 2 aromatic carbocycles. The molecule has 1 heterocycles. The molecule has 0 spiro atoms. The molecule has 1 aromatic heterocycles. The van der Waals surface area contributed by atoms with E-state index in [0.29, 0.717) is 29.7 Å². The number of amides is 1. The molecular weight excluding hydrogens is 466 g/mol. The van der Waals surface area contributed by atoms with Crippen molar-refractivity contribution in [1.82, 2.24) is 4.98 Å². The lowest BCUT2D eigenvalue weighted by atomic mass is 10.1. The van der Waals surface area contributed by atoms with Crippen LogP contribution in [0.5, 0.6) is 11.5 Å². The molecule has 2 N–H and O–H groups in total. The standard InChI is InChI=1S/C26H29N3O5S/c1-19(2)15-17-34-23-13-7-20(18-24(23)33-3)8-14-26(30)28-21-9-11-22(12-10-21)35(31,32)29-25-6-4-5-16-27-25/h4-14,16,18-19H,15,17H2,1-3H3,(H,27,29)(H,28,30)/b14-8+. The maximum Gasteiger partial charge on any atom is 0.263 e. The predicted molar refractivity (Wildman–Crippen MR) is 137 cm³/mol. The molecule has 0 unspecified atom stereocenters. The maximum atomic E-state index is 12.5. The molecule has 0 aliphatic heterocycles. The highest BCUT2D eigenvalue weighted by atomic mass is 32.2. The molecule has 0 fully saturated rings. The Balaban J connectivity index is 1.59. The van der Waals surface area contributed by atoms with Crippen molar-refractivity contribution in [1.29, 1.82) is 0 Å². The van der Waals surface area contributed by atoms with Gasteiger partial charge in [-0.15, -0.1) is 0 Å². The van der Waals surface area contributed by atoms with Gasteiger partial charge >= 0.3 is 0 Å². The Hall–Kier alpha value is -3.85. The lowest BCUT2D eigenvalue weighted by Gasteiger charge is -2.12. The second-order valence-corrected chi connectivity index (χ2v) is 9.79. The number of nitrogens with one attached hydrogen (secondary N) is 2. The van der Waals surface area contributed by atoms with Crippen LogP contribution < -0.4 is 19.5 Å². The summed E-state index contributed by atoms with van der Waals surface area (Å²) < 4.78 is 38.6. The van der Waals surface area contributed by atoms with Gasteiger partial charge in [-0.1, -0.05) is 26.0 Å². The van der Waals surface area contributed by atoms with Crippen molar-refractivity contribution in [2.45, 2.75) is 25.2 Å². The quantitative estimate of drug-likeness (QED) is 0.364. The molecule has 0 atom stereocenters. The van der Waals surface area contributed by atoms with E-state index in [-0.39, 0.29) is 16.6 Å². The number of ether oxygens (including phenoxy) is 2. The molecule has 0 aliphatic carbocycles. The van der Waals surface area contributed by atoms with Gasteiger partial charge in [0.15, 0.2) is 11.5 Å². The van der Waals surface area contributed by atoms with Gasteiger partial charge in [-0.05, 0) is 72.5 Å². The normalized spacial score (nSPS) is 11.4. The average molecular weight is 496 g/mol. The minimum absolute atomic E-state index is 0.0551. The molecule has 0 bridgehead atoms. The summed E-state index contributed by atoms with van der Waals surface area (Å²) in [5.74, 6) is 1.66. The molecule has 184 valence electrons. The van der Waals surface area contributed by atoms with Crippen molar-refractivity contribution in [3.63, 3.8) is 0 Å². The Labute approximate surface area is 206 Å². The predicted octanol–water partition coefficient (Wildman–Crippen LogP) is 4.97. The SMILES string of the molecule is COc1cc(/C=C/C(=O)Nc2ccc(S(=O)(=O)Nc3ccccn3)cc2)ccc1OCCC(C)C. The molecule has 35 heavy (non-hydrogen) atoms. The minimum Gasteiger partial charge on any atom is -0.493 e. The third-order valence-corrected chi connectivity index (χ3v) is 6.27. The topological polar surface area (TPSA) is 107 Å². The summed E-state index contributed by atoms with van der Waals surface area (Å²) in [4.78, 5) is 16.4. The van der Waals surface area contributed by atoms with Crippen LogP contribution in [0.3, 0.4) is 0 Å². The van der Waals surface area contributed by atoms with Crippen molar-refractivity contribution < 1.29 is 22.7 Å². The van der Waals surface area contributed by atoms with E-state index in [1.165, 1.54) is 36.5 Å². The van der Waals surface area contributed by atoms with Crippen LogP contribution >= 0.6 is 0 Å². The van der Waals surface area contributed by atoms with E-state index in [9.17, 15) is 13.2 Å². The Morgan fingerprint density at radius 1 is 1.06 bits per heavy atom. The van der Waals surface area contributed by atoms with E-state index in [1.807, 2.05) is 12.1 Å². The van der Waals surface area contributed by atoms with Crippen molar-refractivity contribution in [2.24, 2.45) is 5.92 Å². The Kier molecular flexibility index (Phi) is 8.86. The van der Waals surface area contributed by atoms with Crippen molar-refractivity contribution in [3.05, 3.63) is 78.5 Å². The zero-order valence-electron chi connectivity index (χ0n) is 19.9. The summed E-state index contributed by atoms with van der Waals surface area (Å²) >= 11 is 0. The van der Waals surface area contributed by atoms with Gasteiger partial charge in [-0.2, -0.15) is 0 Å². The van der Waals surface area contributed by atoms with Crippen molar-refractivity contribution in [2.75, 3.05) is 23.8 Å². The first-order chi connectivity index (χ1) is 16.8. The van der Waals surface area contributed by atoms with Gasteiger partial charge in [0.05, 0.1) is 18.6 Å². The van der Waals surface area contributed by atoms with Gasteiger partial charge in [-0.3, -0.25) is 9.52 Å². The number of rotatable bonds is 11. The summed E-state index contributed by atoms with van der Waals surface area (Å²) in [5, 5.41) is 2.71. The largest absolute Gasteiger partial charge is 0.493 e. The Morgan fingerprint density at radius 2 is 1.83 bits per heavy atom. The fourth-order valence-corrected chi connectivity index (χ4v) is 4.01. The van der Waals surface area contributed by atoms with Crippen LogP contribution in [0.1, 0.15) is 25.8 Å². The lowest BCUT2D eigenvalue weighted by Crippen LogP contribution is -2.14. The number of aromatic nitrogens is 1. The minimum atomic E-state index is -3.79. The van der Waals surface area contributed by atoms with E-state index < -0.39 is 10.0 Å². The molecule has 0 aliphatic rings. The number of carbonyl (C=O) groups is 1. The summed E-state index contributed by atoms with van der Waals surface area (Å²) in [7, 11) is -2.22. The van der Waals surface area contributed by atoms with Gasteiger partial charge in [0.2, 0.25) is 5.91 Å². The van der Waals surface area contributed by atoms with E-state index in [4.69, 9.17) is 9.47 Å². The first-order valence-electron chi connectivity index (χ1n) is 11.1. The number of hydrogen-bond acceptors (Lipinski definition) is 6. The first kappa shape index (κ1) is 25.8. The van der Waals surface area contributed by atoms with Crippen molar-refractivity contribution in [3.8, 4) is 11.5 Å². The highest BCUT2D eigenvalue weighted by Gasteiger charge is 2.14. The number of benzene rings is 2. The van der Waals surface area contributed by atoms with Crippen LogP contribution in [-0.2, 0) is 14.8 Å². The summed E-state index contributed by atoms with van der Waals surface area (Å²) in [6.45, 7) is 4.87. The number of hydrogen-bond donors (Lipinski definition) is 2. The van der Waals surface area contributed by atoms with Crippen LogP contribution in [0, 0.1) is 5.92 Å². The molecule has 0 radical (unpaired) electrons. The number of nitrogens with zero attached hydrogens (tertiary/aromatic N) is 1. The Morgan fingerprint density at radius 3 is 2.49 bits per heavy atom. The molecule has 8 nitrogen and oxygen atoms in total. The molecule has 0 saturated heterocycles. The zero-order chi connectivity index (χ0) is 25.3. The second kappa shape index (κ2) is 12.0. The molecule has 1 amide bonds. The van der Waals surface area contributed by atoms with Crippen LogP contribution in [-0.4, -0.2) is 33.0 Å².